The van der Waals surface area contributed by atoms with Crippen LogP contribution >= 0.6 is 0 Å². The van der Waals surface area contributed by atoms with Crippen LogP contribution in [0.1, 0.15) is 6.92 Å². The third-order valence-corrected chi connectivity index (χ3v) is 1.71. The standard InChI is InChI=1S/C9H10N2O4/c1-6(12)10-8-4-3-7(11(13)14)5-9(8)15-2/h3-5H,1-2H3,(H,10,12). The normalized spacial score (nSPS) is 9.47. The number of methoxy groups -OCH3 is 1. The van der Waals surface area contributed by atoms with Crippen molar-refractivity contribution in [1.29, 1.82) is 0 Å². The first-order chi connectivity index (χ1) is 7.04. The highest BCUT2D eigenvalue weighted by molar-refractivity contribution is 5.90. The predicted octanol–water partition coefficient (Wildman–Crippen LogP) is 1.56. The molecule has 1 aromatic carbocycles. The van der Waals surface area contributed by atoms with Crippen LogP contribution in [0.15, 0.2) is 18.2 Å². The number of carbonyl (C=O) groups is 1. The number of nitro benzene ring substituents is 1. The fourth-order valence-corrected chi connectivity index (χ4v) is 1.09. The summed E-state index contributed by atoms with van der Waals surface area (Å²) in [5.74, 6) is 0.00144. The molecule has 0 radical (unpaired) electrons. The van der Waals surface area contributed by atoms with E-state index in [0.29, 0.717) is 5.69 Å². The fraction of sp³-hybridized carbons (Fsp3) is 0.222. The van der Waals surface area contributed by atoms with Crippen LogP contribution in [0.5, 0.6) is 5.75 Å². The Morgan fingerprint density at radius 3 is 2.67 bits per heavy atom. The number of rotatable bonds is 3. The van der Waals surface area contributed by atoms with Gasteiger partial charge in [-0.25, -0.2) is 0 Å². The fourth-order valence-electron chi connectivity index (χ4n) is 1.09. The highest BCUT2D eigenvalue weighted by Crippen LogP contribution is 2.28. The minimum atomic E-state index is -0.528. The Morgan fingerprint density at radius 2 is 2.20 bits per heavy atom. The van der Waals surface area contributed by atoms with Crippen LogP contribution in [0.3, 0.4) is 0 Å². The van der Waals surface area contributed by atoms with Gasteiger partial charge in [-0.3, -0.25) is 14.9 Å². The van der Waals surface area contributed by atoms with Crippen molar-refractivity contribution in [3.63, 3.8) is 0 Å². The van der Waals surface area contributed by atoms with Crippen molar-refractivity contribution < 1.29 is 14.5 Å². The van der Waals surface area contributed by atoms with Crippen molar-refractivity contribution in [2.75, 3.05) is 12.4 Å². The maximum atomic E-state index is 10.8. The molecule has 0 aliphatic heterocycles. The van der Waals surface area contributed by atoms with E-state index in [1.165, 1.54) is 32.2 Å². The number of benzene rings is 1. The molecule has 1 amide bonds. The zero-order valence-corrected chi connectivity index (χ0v) is 8.31. The summed E-state index contributed by atoms with van der Waals surface area (Å²) in [5, 5.41) is 13.0. The molecule has 15 heavy (non-hydrogen) atoms. The largest absolute Gasteiger partial charge is 0.494 e. The third kappa shape index (κ3) is 2.67. The average Bonchev–Trinajstić information content (AvgIpc) is 2.17. The van der Waals surface area contributed by atoms with Crippen molar-refractivity contribution >= 4 is 17.3 Å². The Morgan fingerprint density at radius 1 is 1.53 bits per heavy atom. The van der Waals surface area contributed by atoms with Gasteiger partial charge < -0.3 is 10.1 Å². The zero-order chi connectivity index (χ0) is 11.4. The van der Waals surface area contributed by atoms with Gasteiger partial charge in [0.2, 0.25) is 5.91 Å². The molecule has 80 valence electrons. The summed E-state index contributed by atoms with van der Waals surface area (Å²) >= 11 is 0. The van der Waals surface area contributed by atoms with Crippen LogP contribution in [-0.2, 0) is 4.79 Å². The van der Waals surface area contributed by atoms with Gasteiger partial charge >= 0.3 is 0 Å². The van der Waals surface area contributed by atoms with Gasteiger partial charge in [-0.15, -0.1) is 0 Å². The number of carbonyl (C=O) groups excluding carboxylic acids is 1. The van der Waals surface area contributed by atoms with Crippen LogP contribution in [0, 0.1) is 10.1 Å². The molecular weight excluding hydrogens is 200 g/mol. The van der Waals surface area contributed by atoms with Gasteiger partial charge in [0.25, 0.3) is 5.69 Å². The Balaban J connectivity index is 3.08. The topological polar surface area (TPSA) is 81.5 Å². The third-order valence-electron chi connectivity index (χ3n) is 1.71. The molecule has 6 heteroatoms. The molecule has 1 N–H and O–H groups in total. The van der Waals surface area contributed by atoms with Crippen molar-refractivity contribution in [2.45, 2.75) is 6.92 Å². The van der Waals surface area contributed by atoms with Gasteiger partial charge in [-0.1, -0.05) is 0 Å². The second-order valence-corrected chi connectivity index (χ2v) is 2.82. The molecule has 0 aliphatic rings. The number of nitro groups is 1. The van der Waals surface area contributed by atoms with Crippen molar-refractivity contribution in [2.24, 2.45) is 0 Å². The molecule has 0 aromatic heterocycles. The summed E-state index contributed by atoms with van der Waals surface area (Å²) in [4.78, 5) is 20.7. The smallest absolute Gasteiger partial charge is 0.273 e. The lowest BCUT2D eigenvalue weighted by Crippen LogP contribution is -2.07. The quantitative estimate of drug-likeness (QED) is 0.606. The molecule has 0 spiro atoms. The summed E-state index contributed by atoms with van der Waals surface area (Å²) in [6.45, 7) is 1.35. The number of non-ortho nitro benzene ring substituents is 1. The van der Waals surface area contributed by atoms with Crippen molar-refractivity contribution in [3.8, 4) is 5.75 Å². The van der Waals surface area contributed by atoms with E-state index in [1.54, 1.807) is 0 Å². The van der Waals surface area contributed by atoms with Crippen LogP contribution < -0.4 is 10.1 Å². The van der Waals surface area contributed by atoms with Gasteiger partial charge in [0.1, 0.15) is 5.75 Å². The van der Waals surface area contributed by atoms with E-state index in [1.807, 2.05) is 0 Å². The average molecular weight is 210 g/mol. The monoisotopic (exact) mass is 210 g/mol. The number of nitrogens with one attached hydrogen (secondary N) is 1. The molecular formula is C9H10N2O4. The number of amides is 1. The lowest BCUT2D eigenvalue weighted by molar-refractivity contribution is -0.384. The number of anilines is 1. The first-order valence-corrected chi connectivity index (χ1v) is 4.14. The molecule has 0 aliphatic carbocycles. The lowest BCUT2D eigenvalue weighted by Gasteiger charge is -2.07. The predicted molar refractivity (Wildman–Crippen MR) is 54.0 cm³/mol. The minimum absolute atomic E-state index is 0.0825. The SMILES string of the molecule is COc1cc([N+](=O)[O-])ccc1NC(C)=O. The van der Waals surface area contributed by atoms with E-state index in [9.17, 15) is 14.9 Å². The van der Waals surface area contributed by atoms with Crippen LogP contribution in [0.2, 0.25) is 0 Å². The van der Waals surface area contributed by atoms with E-state index in [4.69, 9.17) is 4.74 Å². The molecule has 0 heterocycles. The Hall–Kier alpha value is -2.11. The molecule has 1 aromatic rings. The summed E-state index contributed by atoms with van der Waals surface area (Å²) in [6, 6.07) is 3.98. The number of nitrogens with zero attached hydrogens (tertiary/aromatic N) is 1. The molecule has 0 unspecified atom stereocenters. The summed E-state index contributed by atoms with van der Waals surface area (Å²) < 4.78 is 4.92. The van der Waals surface area contributed by atoms with Crippen molar-refractivity contribution in [1.82, 2.24) is 0 Å². The van der Waals surface area contributed by atoms with E-state index < -0.39 is 4.92 Å². The van der Waals surface area contributed by atoms with Gasteiger partial charge in [0, 0.05) is 13.0 Å². The Kier molecular flexibility index (Phi) is 3.22. The second-order valence-electron chi connectivity index (χ2n) is 2.82. The Labute approximate surface area is 86.0 Å². The Bertz CT molecular complexity index is 403. The number of ether oxygens (including phenoxy) is 1. The first kappa shape index (κ1) is 11.0. The second kappa shape index (κ2) is 4.41. The molecule has 0 saturated carbocycles. The van der Waals surface area contributed by atoms with E-state index in [2.05, 4.69) is 5.32 Å². The number of hydrogen-bond acceptors (Lipinski definition) is 4. The summed E-state index contributed by atoms with van der Waals surface area (Å²) in [5.41, 5.74) is 0.330. The van der Waals surface area contributed by atoms with Crippen molar-refractivity contribution in [3.05, 3.63) is 28.3 Å². The zero-order valence-electron chi connectivity index (χ0n) is 8.31. The van der Waals surface area contributed by atoms with Crippen LogP contribution in [0.4, 0.5) is 11.4 Å². The van der Waals surface area contributed by atoms with Gasteiger partial charge in [-0.05, 0) is 6.07 Å². The van der Waals surface area contributed by atoms with Crippen LogP contribution in [-0.4, -0.2) is 17.9 Å². The first-order valence-electron chi connectivity index (χ1n) is 4.14. The summed E-state index contributed by atoms with van der Waals surface area (Å²) in [7, 11) is 1.38. The highest BCUT2D eigenvalue weighted by Gasteiger charge is 2.11. The molecule has 6 nitrogen and oxygen atoms in total. The molecule has 0 fully saturated rings. The highest BCUT2D eigenvalue weighted by atomic mass is 16.6. The maximum Gasteiger partial charge on any atom is 0.273 e. The minimum Gasteiger partial charge on any atom is -0.494 e. The number of hydrogen-bond donors (Lipinski definition) is 1. The maximum absolute atomic E-state index is 10.8. The van der Waals surface area contributed by atoms with Gasteiger partial charge in [-0.2, -0.15) is 0 Å². The molecule has 1 rings (SSSR count). The van der Waals surface area contributed by atoms with E-state index >= 15 is 0 Å². The molecule has 0 bridgehead atoms. The van der Waals surface area contributed by atoms with E-state index in [-0.39, 0.29) is 17.3 Å². The molecule has 0 atom stereocenters. The van der Waals surface area contributed by atoms with Crippen LogP contribution in [0.25, 0.3) is 0 Å². The van der Waals surface area contributed by atoms with Gasteiger partial charge in [0.15, 0.2) is 0 Å². The van der Waals surface area contributed by atoms with Gasteiger partial charge in [0.05, 0.1) is 23.8 Å². The summed E-state index contributed by atoms with van der Waals surface area (Å²) in [6.07, 6.45) is 0. The van der Waals surface area contributed by atoms with E-state index in [0.717, 1.165) is 0 Å². The molecule has 0 saturated heterocycles. The lowest BCUT2D eigenvalue weighted by atomic mass is 10.2.